The van der Waals surface area contributed by atoms with Gasteiger partial charge in [0.15, 0.2) is 0 Å². The van der Waals surface area contributed by atoms with Gasteiger partial charge in [-0.25, -0.2) is 0 Å². The van der Waals surface area contributed by atoms with Gasteiger partial charge >= 0.3 is 0 Å². The molecule has 1 aromatic heterocycles. The number of benzene rings is 1. The van der Waals surface area contributed by atoms with Gasteiger partial charge in [0, 0.05) is 35.2 Å². The Balaban J connectivity index is 1.40. The van der Waals surface area contributed by atoms with Gasteiger partial charge in [-0.15, -0.1) is 11.3 Å². The third-order valence-corrected chi connectivity index (χ3v) is 6.58. The van der Waals surface area contributed by atoms with Gasteiger partial charge in [0.2, 0.25) is 0 Å². The van der Waals surface area contributed by atoms with Crippen molar-refractivity contribution in [1.29, 1.82) is 0 Å². The quantitative estimate of drug-likeness (QED) is 0.830. The first kappa shape index (κ1) is 17.0. The summed E-state index contributed by atoms with van der Waals surface area (Å²) in [6.45, 7) is 5.92. The van der Waals surface area contributed by atoms with E-state index in [1.165, 1.54) is 4.70 Å². The first-order valence-electron chi connectivity index (χ1n) is 9.16. The maximum atomic E-state index is 13.0. The Hall–Kier alpha value is -1.43. The van der Waals surface area contributed by atoms with Gasteiger partial charge in [0.1, 0.15) is 0 Å². The van der Waals surface area contributed by atoms with Crippen molar-refractivity contribution in [2.24, 2.45) is 5.41 Å². The lowest BCUT2D eigenvalue weighted by molar-refractivity contribution is 0.0159. The molecule has 1 spiro atoms. The Morgan fingerprint density at radius 3 is 2.96 bits per heavy atom. The zero-order valence-corrected chi connectivity index (χ0v) is 15.5. The van der Waals surface area contributed by atoms with Crippen LogP contribution in [0.3, 0.4) is 0 Å². The van der Waals surface area contributed by atoms with E-state index >= 15 is 0 Å². The lowest BCUT2D eigenvalue weighted by Gasteiger charge is -2.38. The molecule has 2 aliphatic rings. The van der Waals surface area contributed by atoms with Gasteiger partial charge in [0.25, 0.3) is 5.91 Å². The Morgan fingerprint density at radius 1 is 1.36 bits per heavy atom. The van der Waals surface area contributed by atoms with Gasteiger partial charge in [-0.05, 0) is 37.7 Å². The fourth-order valence-corrected chi connectivity index (χ4v) is 5.03. The largest absolute Gasteiger partial charge is 0.379 e. The van der Waals surface area contributed by atoms with Crippen molar-refractivity contribution >= 4 is 27.3 Å². The Labute approximate surface area is 152 Å². The van der Waals surface area contributed by atoms with E-state index in [1.54, 1.807) is 11.3 Å². The number of amides is 1. The van der Waals surface area contributed by atoms with Crippen LogP contribution < -0.4 is 0 Å². The highest BCUT2D eigenvalue weighted by molar-refractivity contribution is 7.17. The third kappa shape index (κ3) is 3.33. The van der Waals surface area contributed by atoms with Crippen LogP contribution >= 0.6 is 11.3 Å². The molecule has 1 aromatic carbocycles. The van der Waals surface area contributed by atoms with Crippen LogP contribution in [-0.2, 0) is 9.47 Å². The van der Waals surface area contributed by atoms with Crippen LogP contribution in [0.4, 0.5) is 0 Å². The van der Waals surface area contributed by atoms with Crippen LogP contribution in [0.1, 0.15) is 36.5 Å². The second-order valence-electron chi connectivity index (χ2n) is 7.23. The number of ether oxygens (including phenoxy) is 2. The average Bonchev–Trinajstić information content (AvgIpc) is 3.25. The van der Waals surface area contributed by atoms with E-state index in [4.69, 9.17) is 9.47 Å². The number of hydrogen-bond donors (Lipinski definition) is 0. The highest BCUT2D eigenvalue weighted by Gasteiger charge is 2.43. The van der Waals surface area contributed by atoms with E-state index in [-0.39, 0.29) is 17.4 Å². The molecule has 0 unspecified atom stereocenters. The molecular weight excluding hydrogens is 334 g/mol. The fraction of sp³-hybridized carbons (Fsp3) is 0.550. The number of rotatable bonds is 4. The zero-order chi connectivity index (χ0) is 17.3. The SMILES string of the molecule is CCOC[C@@H]1CC2(CCN(C(=O)c3csc4ccccc34)CC2)CO1. The molecule has 0 bridgehead atoms. The summed E-state index contributed by atoms with van der Waals surface area (Å²) in [6.07, 6.45) is 3.35. The van der Waals surface area contributed by atoms with Crippen molar-refractivity contribution in [3.8, 4) is 0 Å². The summed E-state index contributed by atoms with van der Waals surface area (Å²) in [5.41, 5.74) is 1.10. The molecule has 2 aromatic rings. The maximum Gasteiger partial charge on any atom is 0.255 e. The first-order chi connectivity index (χ1) is 12.2. The van der Waals surface area contributed by atoms with Crippen LogP contribution in [0.25, 0.3) is 10.1 Å². The summed E-state index contributed by atoms with van der Waals surface area (Å²) >= 11 is 1.65. The second-order valence-corrected chi connectivity index (χ2v) is 8.15. The lowest BCUT2D eigenvalue weighted by atomic mass is 9.76. The Morgan fingerprint density at radius 2 is 2.16 bits per heavy atom. The van der Waals surface area contributed by atoms with Gasteiger partial charge in [-0.3, -0.25) is 4.79 Å². The van der Waals surface area contributed by atoms with Gasteiger partial charge in [-0.1, -0.05) is 18.2 Å². The summed E-state index contributed by atoms with van der Waals surface area (Å²) < 4.78 is 12.6. The van der Waals surface area contributed by atoms with Crippen molar-refractivity contribution in [3.63, 3.8) is 0 Å². The number of nitrogens with zero attached hydrogens (tertiary/aromatic N) is 1. The molecule has 0 N–H and O–H groups in total. The number of thiophene rings is 1. The minimum absolute atomic E-state index is 0.178. The average molecular weight is 359 g/mol. The van der Waals surface area contributed by atoms with Gasteiger partial charge in [0.05, 0.1) is 24.9 Å². The molecule has 2 aliphatic heterocycles. The van der Waals surface area contributed by atoms with Crippen molar-refractivity contribution in [1.82, 2.24) is 4.90 Å². The Bertz CT molecular complexity index is 748. The fourth-order valence-electron chi connectivity index (χ4n) is 4.10. The minimum atomic E-state index is 0.178. The predicted molar refractivity (Wildman–Crippen MR) is 100 cm³/mol. The molecule has 134 valence electrons. The van der Waals surface area contributed by atoms with Gasteiger partial charge in [-0.2, -0.15) is 0 Å². The van der Waals surface area contributed by atoms with E-state index in [0.29, 0.717) is 6.61 Å². The van der Waals surface area contributed by atoms with Crippen molar-refractivity contribution in [2.75, 3.05) is 32.9 Å². The monoisotopic (exact) mass is 359 g/mol. The molecule has 1 amide bonds. The second kappa shape index (κ2) is 7.06. The molecule has 0 radical (unpaired) electrons. The normalized spacial score (nSPS) is 22.8. The molecule has 1 atom stereocenters. The summed E-state index contributed by atoms with van der Waals surface area (Å²) in [5.74, 6) is 0.178. The smallest absolute Gasteiger partial charge is 0.255 e. The van der Waals surface area contributed by atoms with Gasteiger partial charge < -0.3 is 14.4 Å². The molecule has 0 aliphatic carbocycles. The number of fused-ring (bicyclic) bond motifs is 1. The molecule has 4 rings (SSSR count). The van der Waals surface area contributed by atoms with Crippen LogP contribution in [0.5, 0.6) is 0 Å². The van der Waals surface area contributed by atoms with E-state index in [1.807, 2.05) is 35.4 Å². The highest BCUT2D eigenvalue weighted by Crippen LogP contribution is 2.42. The summed E-state index contributed by atoms with van der Waals surface area (Å²) in [4.78, 5) is 15.0. The first-order valence-corrected chi connectivity index (χ1v) is 10.0. The zero-order valence-electron chi connectivity index (χ0n) is 14.7. The maximum absolute atomic E-state index is 13.0. The predicted octanol–water partition coefficient (Wildman–Crippen LogP) is 3.95. The van der Waals surface area contributed by atoms with E-state index < -0.39 is 0 Å². The summed E-state index contributed by atoms with van der Waals surface area (Å²) in [5, 5.41) is 3.09. The molecule has 25 heavy (non-hydrogen) atoms. The van der Waals surface area contributed by atoms with Crippen molar-refractivity contribution in [2.45, 2.75) is 32.3 Å². The summed E-state index contributed by atoms with van der Waals surface area (Å²) in [6, 6.07) is 8.16. The van der Waals surface area contributed by atoms with Crippen molar-refractivity contribution < 1.29 is 14.3 Å². The van der Waals surface area contributed by atoms with Crippen LogP contribution in [-0.4, -0.2) is 49.8 Å². The standard InChI is InChI=1S/C20H25NO3S/c1-2-23-12-15-11-20(14-24-15)7-9-21(10-8-20)19(22)17-13-25-18-6-4-3-5-16(17)18/h3-6,13,15H,2,7-12,14H2,1H3/t15-/m0/s1. The molecule has 2 fully saturated rings. The lowest BCUT2D eigenvalue weighted by Crippen LogP contribution is -2.43. The molecule has 2 saturated heterocycles. The number of piperidine rings is 1. The van der Waals surface area contributed by atoms with E-state index in [0.717, 1.165) is 56.5 Å². The number of carbonyl (C=O) groups excluding carboxylic acids is 1. The van der Waals surface area contributed by atoms with Crippen LogP contribution in [0, 0.1) is 5.41 Å². The highest BCUT2D eigenvalue weighted by atomic mass is 32.1. The topological polar surface area (TPSA) is 38.8 Å². The van der Waals surface area contributed by atoms with Crippen LogP contribution in [0.15, 0.2) is 29.6 Å². The third-order valence-electron chi connectivity index (χ3n) is 5.62. The molecule has 5 heteroatoms. The number of hydrogen-bond acceptors (Lipinski definition) is 4. The minimum Gasteiger partial charge on any atom is -0.379 e. The number of likely N-dealkylation sites (tertiary alicyclic amines) is 1. The molecular formula is C20H25NO3S. The number of carbonyl (C=O) groups is 1. The Kier molecular flexibility index (Phi) is 4.80. The molecule has 3 heterocycles. The summed E-state index contributed by atoms with van der Waals surface area (Å²) in [7, 11) is 0. The van der Waals surface area contributed by atoms with E-state index in [2.05, 4.69) is 6.07 Å². The van der Waals surface area contributed by atoms with E-state index in [9.17, 15) is 4.79 Å². The van der Waals surface area contributed by atoms with Crippen LogP contribution in [0.2, 0.25) is 0 Å². The van der Waals surface area contributed by atoms with Crippen molar-refractivity contribution in [3.05, 3.63) is 35.2 Å². The molecule has 4 nitrogen and oxygen atoms in total. The molecule has 0 saturated carbocycles.